The molecule has 1 saturated heterocycles. The van der Waals surface area contributed by atoms with E-state index in [1.165, 1.54) is 11.3 Å². The molecule has 20 heavy (non-hydrogen) atoms. The zero-order chi connectivity index (χ0) is 14.2. The van der Waals surface area contributed by atoms with Gasteiger partial charge in [-0.1, -0.05) is 69.3 Å². The predicted molar refractivity (Wildman–Crippen MR) is 85.9 cm³/mol. The van der Waals surface area contributed by atoms with Gasteiger partial charge in [0, 0.05) is 18.2 Å². The van der Waals surface area contributed by atoms with E-state index in [1.54, 1.807) is 0 Å². The first kappa shape index (κ1) is 13.2. The van der Waals surface area contributed by atoms with Crippen molar-refractivity contribution in [2.24, 2.45) is 11.3 Å². The highest BCUT2D eigenvalue weighted by molar-refractivity contribution is 5.52. The Kier molecular flexibility index (Phi) is 3.29. The number of hydrogen-bond acceptors (Lipinski definition) is 1. The quantitative estimate of drug-likeness (QED) is 0.745. The van der Waals surface area contributed by atoms with Crippen LogP contribution in [0.5, 0.6) is 0 Å². The molecule has 0 aliphatic carbocycles. The average molecular weight is 265 g/mol. The Morgan fingerprint density at radius 2 is 1.40 bits per heavy atom. The third-order valence-corrected chi connectivity index (χ3v) is 4.45. The normalized spacial score (nSPS) is 22.4. The summed E-state index contributed by atoms with van der Waals surface area (Å²) in [4.78, 5) is 2.53. The largest absolute Gasteiger partial charge is 0.364 e. The van der Waals surface area contributed by atoms with E-state index in [9.17, 15) is 0 Å². The van der Waals surface area contributed by atoms with Crippen LogP contribution in [0.1, 0.15) is 32.4 Å². The van der Waals surface area contributed by atoms with E-state index in [-0.39, 0.29) is 0 Å². The summed E-state index contributed by atoms with van der Waals surface area (Å²) in [5.74, 6) is 0.699. The molecule has 1 nitrogen and oxygen atoms in total. The van der Waals surface area contributed by atoms with Crippen LogP contribution in [-0.4, -0.2) is 6.54 Å². The Labute approximate surface area is 122 Å². The number of rotatable bonds is 2. The van der Waals surface area contributed by atoms with Crippen LogP contribution in [0, 0.1) is 11.3 Å². The molecule has 0 amide bonds. The molecular weight excluding hydrogens is 242 g/mol. The molecule has 0 saturated carbocycles. The van der Waals surface area contributed by atoms with Crippen molar-refractivity contribution in [1.82, 2.24) is 0 Å². The molecule has 0 spiro atoms. The maximum absolute atomic E-state index is 2.53. The average Bonchev–Trinajstić information content (AvgIpc) is 2.38. The van der Waals surface area contributed by atoms with Crippen LogP contribution in [0.3, 0.4) is 0 Å². The molecule has 1 heteroatoms. The Morgan fingerprint density at radius 3 is 1.95 bits per heavy atom. The van der Waals surface area contributed by atoms with Gasteiger partial charge in [0.1, 0.15) is 0 Å². The van der Waals surface area contributed by atoms with E-state index in [0.717, 1.165) is 6.54 Å². The van der Waals surface area contributed by atoms with Crippen LogP contribution in [0.25, 0.3) is 0 Å². The molecular formula is C19H23N. The molecule has 2 atom stereocenters. The second-order valence-corrected chi connectivity index (χ2v) is 6.82. The van der Waals surface area contributed by atoms with Crippen molar-refractivity contribution in [3.63, 3.8) is 0 Å². The third kappa shape index (κ3) is 2.33. The van der Waals surface area contributed by atoms with Crippen molar-refractivity contribution in [1.29, 1.82) is 0 Å². The summed E-state index contributed by atoms with van der Waals surface area (Å²) >= 11 is 0. The lowest BCUT2D eigenvalue weighted by atomic mass is 9.68. The molecule has 2 aromatic carbocycles. The maximum atomic E-state index is 2.53. The highest BCUT2D eigenvalue weighted by atomic mass is 15.2. The highest BCUT2D eigenvalue weighted by Crippen LogP contribution is 2.49. The van der Waals surface area contributed by atoms with Gasteiger partial charge in [-0.25, -0.2) is 0 Å². The smallest absolute Gasteiger partial charge is 0.0592 e. The zero-order valence-electron chi connectivity index (χ0n) is 12.6. The molecule has 0 bridgehead atoms. The Hall–Kier alpha value is -1.76. The van der Waals surface area contributed by atoms with Gasteiger partial charge in [0.15, 0.2) is 0 Å². The number of anilines is 1. The van der Waals surface area contributed by atoms with Crippen LogP contribution < -0.4 is 4.90 Å². The number of hydrogen-bond donors (Lipinski definition) is 0. The molecule has 0 N–H and O–H groups in total. The van der Waals surface area contributed by atoms with Crippen LogP contribution in [0.2, 0.25) is 0 Å². The van der Waals surface area contributed by atoms with Crippen molar-refractivity contribution in [3.8, 4) is 0 Å². The fourth-order valence-electron chi connectivity index (χ4n) is 3.20. The van der Waals surface area contributed by atoms with Crippen molar-refractivity contribution >= 4 is 5.69 Å². The lowest BCUT2D eigenvalue weighted by molar-refractivity contribution is 0.135. The molecule has 1 aliphatic rings. The van der Waals surface area contributed by atoms with Gasteiger partial charge >= 0.3 is 0 Å². The summed E-state index contributed by atoms with van der Waals surface area (Å²) in [5, 5.41) is 0. The van der Waals surface area contributed by atoms with Gasteiger partial charge in [-0.2, -0.15) is 0 Å². The molecule has 104 valence electrons. The molecule has 0 unspecified atom stereocenters. The van der Waals surface area contributed by atoms with Gasteiger partial charge in [0.25, 0.3) is 0 Å². The fourth-order valence-corrected chi connectivity index (χ4v) is 3.20. The number of benzene rings is 2. The molecule has 2 aromatic rings. The highest BCUT2D eigenvalue weighted by Gasteiger charge is 2.45. The van der Waals surface area contributed by atoms with Crippen molar-refractivity contribution in [2.75, 3.05) is 11.4 Å². The van der Waals surface area contributed by atoms with Crippen LogP contribution in [0.15, 0.2) is 60.7 Å². The summed E-state index contributed by atoms with van der Waals surface area (Å²) < 4.78 is 0. The summed E-state index contributed by atoms with van der Waals surface area (Å²) in [5.41, 5.74) is 3.11. The molecule has 0 radical (unpaired) electrons. The van der Waals surface area contributed by atoms with Gasteiger partial charge in [0.2, 0.25) is 0 Å². The minimum atomic E-state index is 0.339. The minimum absolute atomic E-state index is 0.339. The Morgan fingerprint density at radius 1 is 0.850 bits per heavy atom. The third-order valence-electron chi connectivity index (χ3n) is 4.45. The van der Waals surface area contributed by atoms with Crippen LogP contribution in [0.4, 0.5) is 5.69 Å². The first-order chi connectivity index (χ1) is 9.57. The first-order valence-electron chi connectivity index (χ1n) is 7.44. The minimum Gasteiger partial charge on any atom is -0.364 e. The Balaban J connectivity index is 1.94. The molecule has 3 rings (SSSR count). The lowest BCUT2D eigenvalue weighted by Crippen LogP contribution is -2.54. The lowest BCUT2D eigenvalue weighted by Gasteiger charge is -2.55. The topological polar surface area (TPSA) is 3.24 Å². The number of para-hydroxylation sites is 1. The Bertz CT molecular complexity index is 553. The van der Waals surface area contributed by atoms with Gasteiger partial charge < -0.3 is 4.90 Å². The monoisotopic (exact) mass is 265 g/mol. The second-order valence-electron chi connectivity index (χ2n) is 6.82. The first-order valence-corrected chi connectivity index (χ1v) is 7.44. The second kappa shape index (κ2) is 4.97. The summed E-state index contributed by atoms with van der Waals surface area (Å²) in [7, 11) is 0. The van der Waals surface area contributed by atoms with E-state index in [0.29, 0.717) is 17.4 Å². The molecule has 1 fully saturated rings. The SMILES string of the molecule is CC(C)(C)[C@@H]1CN(c2ccccc2)[C@@H]1c1ccccc1. The number of nitrogens with zero attached hydrogens (tertiary/aromatic N) is 1. The van der Waals surface area contributed by atoms with Gasteiger partial charge in [-0.15, -0.1) is 0 Å². The zero-order valence-corrected chi connectivity index (χ0v) is 12.6. The van der Waals surface area contributed by atoms with E-state index in [4.69, 9.17) is 0 Å². The molecule has 0 aromatic heterocycles. The van der Waals surface area contributed by atoms with Crippen molar-refractivity contribution < 1.29 is 0 Å². The standard InChI is InChI=1S/C19H23N/c1-19(2,3)17-14-20(16-12-8-5-9-13-16)18(17)15-10-6-4-7-11-15/h4-13,17-18H,14H2,1-3H3/t17-,18-/m1/s1. The van der Waals surface area contributed by atoms with Crippen LogP contribution >= 0.6 is 0 Å². The van der Waals surface area contributed by atoms with E-state index in [2.05, 4.69) is 86.3 Å². The van der Waals surface area contributed by atoms with Crippen molar-refractivity contribution in [3.05, 3.63) is 66.2 Å². The van der Waals surface area contributed by atoms with Gasteiger partial charge in [-0.05, 0) is 23.1 Å². The van der Waals surface area contributed by atoms with Gasteiger partial charge in [-0.3, -0.25) is 0 Å². The molecule has 1 heterocycles. The summed E-state index contributed by atoms with van der Waals surface area (Å²) in [6, 6.07) is 22.2. The van der Waals surface area contributed by atoms with Crippen molar-refractivity contribution in [2.45, 2.75) is 26.8 Å². The predicted octanol–water partition coefficient (Wildman–Crippen LogP) is 4.91. The fraction of sp³-hybridized carbons (Fsp3) is 0.368. The van der Waals surface area contributed by atoms with Gasteiger partial charge in [0.05, 0.1) is 6.04 Å². The van der Waals surface area contributed by atoms with E-state index >= 15 is 0 Å². The van der Waals surface area contributed by atoms with E-state index < -0.39 is 0 Å². The van der Waals surface area contributed by atoms with Crippen LogP contribution in [-0.2, 0) is 0 Å². The molecule has 1 aliphatic heterocycles. The maximum Gasteiger partial charge on any atom is 0.0592 e. The summed E-state index contributed by atoms with van der Waals surface area (Å²) in [6.07, 6.45) is 0. The van der Waals surface area contributed by atoms with E-state index in [1.807, 2.05) is 0 Å². The summed E-state index contributed by atoms with van der Waals surface area (Å²) in [6.45, 7) is 8.22.